The van der Waals surface area contributed by atoms with Gasteiger partial charge in [0.05, 0.1) is 11.5 Å². The minimum atomic E-state index is -0.0837. The van der Waals surface area contributed by atoms with Crippen molar-refractivity contribution < 1.29 is 9.90 Å². The van der Waals surface area contributed by atoms with Crippen LogP contribution in [0.2, 0.25) is 0 Å². The summed E-state index contributed by atoms with van der Waals surface area (Å²) in [7, 11) is 1.91. The second kappa shape index (κ2) is 6.54. The summed E-state index contributed by atoms with van der Waals surface area (Å²) in [5.41, 5.74) is 1.77. The number of aryl methyl sites for hydroxylation is 1. The van der Waals surface area contributed by atoms with Gasteiger partial charge in [0, 0.05) is 29.8 Å². The van der Waals surface area contributed by atoms with E-state index < -0.39 is 0 Å². The van der Waals surface area contributed by atoms with Crippen molar-refractivity contribution in [1.82, 2.24) is 0 Å². The van der Waals surface area contributed by atoms with Gasteiger partial charge in [0.2, 0.25) is 0 Å². The molecule has 0 spiro atoms. The van der Waals surface area contributed by atoms with Crippen LogP contribution in [0.3, 0.4) is 0 Å². The standard InChI is InChI=1S/C15H18N2O2S/c1-11-3-8-14(20-11)15(19)16-12-4-6-13(7-5-12)17(2)9-10-18/h3-8,18H,9-10H2,1-2H3,(H,16,19). The van der Waals surface area contributed by atoms with Crippen LogP contribution < -0.4 is 10.2 Å². The third-order valence-electron chi connectivity index (χ3n) is 2.97. The Bertz CT molecular complexity index is 578. The zero-order chi connectivity index (χ0) is 14.5. The summed E-state index contributed by atoms with van der Waals surface area (Å²) in [4.78, 5) is 15.8. The highest BCUT2D eigenvalue weighted by Crippen LogP contribution is 2.19. The molecule has 0 saturated carbocycles. The van der Waals surface area contributed by atoms with Crippen LogP contribution in [0.4, 0.5) is 11.4 Å². The summed E-state index contributed by atoms with van der Waals surface area (Å²) in [5, 5.41) is 11.8. The molecule has 2 rings (SSSR count). The van der Waals surface area contributed by atoms with E-state index in [1.54, 1.807) is 0 Å². The SMILES string of the molecule is Cc1ccc(C(=O)Nc2ccc(N(C)CCO)cc2)s1. The Balaban J connectivity index is 2.02. The van der Waals surface area contributed by atoms with Crippen molar-refractivity contribution in [2.75, 3.05) is 30.4 Å². The normalized spacial score (nSPS) is 10.3. The summed E-state index contributed by atoms with van der Waals surface area (Å²) < 4.78 is 0. The summed E-state index contributed by atoms with van der Waals surface area (Å²) in [6.45, 7) is 2.68. The van der Waals surface area contributed by atoms with Gasteiger partial charge in [0.25, 0.3) is 5.91 Å². The van der Waals surface area contributed by atoms with Gasteiger partial charge in [-0.1, -0.05) is 0 Å². The molecule has 0 saturated heterocycles. The fraction of sp³-hybridized carbons (Fsp3) is 0.267. The number of likely N-dealkylation sites (N-methyl/N-ethyl adjacent to an activating group) is 1. The van der Waals surface area contributed by atoms with Crippen LogP contribution in [0.15, 0.2) is 36.4 Å². The summed E-state index contributed by atoms with van der Waals surface area (Å²) >= 11 is 1.48. The third-order valence-corrected chi connectivity index (χ3v) is 3.96. The van der Waals surface area contributed by atoms with Crippen molar-refractivity contribution in [2.45, 2.75) is 6.92 Å². The number of rotatable bonds is 5. The molecule has 4 nitrogen and oxygen atoms in total. The highest BCUT2D eigenvalue weighted by molar-refractivity contribution is 7.14. The Morgan fingerprint density at radius 1 is 1.25 bits per heavy atom. The predicted octanol–water partition coefficient (Wildman–Crippen LogP) is 2.74. The zero-order valence-electron chi connectivity index (χ0n) is 11.6. The zero-order valence-corrected chi connectivity index (χ0v) is 12.4. The van der Waals surface area contributed by atoms with Gasteiger partial charge >= 0.3 is 0 Å². The predicted molar refractivity (Wildman–Crippen MR) is 83.8 cm³/mol. The molecule has 106 valence electrons. The number of hydrogen-bond acceptors (Lipinski definition) is 4. The van der Waals surface area contributed by atoms with Crippen molar-refractivity contribution >= 4 is 28.6 Å². The van der Waals surface area contributed by atoms with Crippen molar-refractivity contribution in [3.63, 3.8) is 0 Å². The van der Waals surface area contributed by atoms with Gasteiger partial charge in [-0.05, 0) is 43.3 Å². The van der Waals surface area contributed by atoms with E-state index in [0.717, 1.165) is 16.3 Å². The fourth-order valence-electron chi connectivity index (χ4n) is 1.83. The van der Waals surface area contributed by atoms with Crippen LogP contribution in [-0.4, -0.2) is 31.2 Å². The van der Waals surface area contributed by atoms with E-state index in [2.05, 4.69) is 5.32 Å². The van der Waals surface area contributed by atoms with E-state index in [4.69, 9.17) is 5.11 Å². The molecule has 0 fully saturated rings. The molecule has 2 N–H and O–H groups in total. The first-order valence-electron chi connectivity index (χ1n) is 6.40. The van der Waals surface area contributed by atoms with Crippen molar-refractivity contribution in [1.29, 1.82) is 0 Å². The molecule has 0 bridgehead atoms. The van der Waals surface area contributed by atoms with Gasteiger partial charge in [-0.15, -0.1) is 11.3 Å². The van der Waals surface area contributed by atoms with E-state index in [1.165, 1.54) is 11.3 Å². The maximum atomic E-state index is 12.0. The van der Waals surface area contributed by atoms with E-state index in [9.17, 15) is 4.79 Å². The van der Waals surface area contributed by atoms with Gasteiger partial charge in [-0.2, -0.15) is 0 Å². The van der Waals surface area contributed by atoms with Crippen LogP contribution in [0, 0.1) is 6.92 Å². The molecule has 0 atom stereocenters. The lowest BCUT2D eigenvalue weighted by Gasteiger charge is -2.18. The molecule has 0 radical (unpaired) electrons. The van der Waals surface area contributed by atoms with Crippen molar-refractivity contribution in [2.24, 2.45) is 0 Å². The molecular formula is C15H18N2O2S. The number of nitrogens with one attached hydrogen (secondary N) is 1. The lowest BCUT2D eigenvalue weighted by Crippen LogP contribution is -2.21. The molecule has 1 aromatic carbocycles. The lowest BCUT2D eigenvalue weighted by molar-refractivity contribution is 0.103. The number of carbonyl (C=O) groups is 1. The van der Waals surface area contributed by atoms with E-state index >= 15 is 0 Å². The van der Waals surface area contributed by atoms with Crippen LogP contribution in [0.1, 0.15) is 14.5 Å². The smallest absolute Gasteiger partial charge is 0.265 e. The third kappa shape index (κ3) is 3.59. The van der Waals surface area contributed by atoms with E-state index in [1.807, 2.05) is 55.3 Å². The van der Waals surface area contributed by atoms with Gasteiger partial charge in [-0.3, -0.25) is 4.79 Å². The number of carbonyl (C=O) groups excluding carboxylic acids is 1. The highest BCUT2D eigenvalue weighted by Gasteiger charge is 2.08. The minimum absolute atomic E-state index is 0.0837. The Morgan fingerprint density at radius 3 is 2.50 bits per heavy atom. The number of thiophene rings is 1. The molecule has 2 aromatic rings. The number of benzene rings is 1. The van der Waals surface area contributed by atoms with Crippen LogP contribution >= 0.6 is 11.3 Å². The largest absolute Gasteiger partial charge is 0.395 e. The second-order valence-corrected chi connectivity index (χ2v) is 5.84. The second-order valence-electron chi connectivity index (χ2n) is 4.56. The molecule has 0 aliphatic rings. The summed E-state index contributed by atoms with van der Waals surface area (Å²) in [6, 6.07) is 11.3. The summed E-state index contributed by atoms with van der Waals surface area (Å²) in [5.74, 6) is -0.0837. The molecule has 0 aliphatic heterocycles. The first kappa shape index (κ1) is 14.6. The number of aliphatic hydroxyl groups is 1. The Labute approximate surface area is 122 Å². The fourth-order valence-corrected chi connectivity index (χ4v) is 2.59. The number of amides is 1. The van der Waals surface area contributed by atoms with Crippen molar-refractivity contribution in [3.8, 4) is 0 Å². The van der Waals surface area contributed by atoms with E-state index in [0.29, 0.717) is 11.4 Å². The maximum absolute atomic E-state index is 12.0. The topological polar surface area (TPSA) is 52.6 Å². The van der Waals surface area contributed by atoms with Crippen molar-refractivity contribution in [3.05, 3.63) is 46.2 Å². The molecular weight excluding hydrogens is 272 g/mol. The Morgan fingerprint density at radius 2 is 1.95 bits per heavy atom. The molecule has 5 heteroatoms. The first-order chi connectivity index (χ1) is 9.60. The molecule has 1 aromatic heterocycles. The van der Waals surface area contributed by atoms with Crippen LogP contribution in [-0.2, 0) is 0 Å². The number of aliphatic hydroxyl groups excluding tert-OH is 1. The molecule has 1 heterocycles. The average Bonchev–Trinajstić information content (AvgIpc) is 2.86. The number of nitrogens with zero attached hydrogens (tertiary/aromatic N) is 1. The van der Waals surface area contributed by atoms with Gasteiger partial charge in [-0.25, -0.2) is 0 Å². The average molecular weight is 290 g/mol. The van der Waals surface area contributed by atoms with Crippen LogP contribution in [0.25, 0.3) is 0 Å². The monoisotopic (exact) mass is 290 g/mol. The van der Waals surface area contributed by atoms with Gasteiger partial charge in [0.15, 0.2) is 0 Å². The molecule has 0 unspecified atom stereocenters. The van der Waals surface area contributed by atoms with Gasteiger partial charge < -0.3 is 15.3 Å². The molecule has 0 aliphatic carbocycles. The van der Waals surface area contributed by atoms with Gasteiger partial charge in [0.1, 0.15) is 0 Å². The number of anilines is 2. The quantitative estimate of drug-likeness (QED) is 0.890. The maximum Gasteiger partial charge on any atom is 0.265 e. The molecule has 1 amide bonds. The lowest BCUT2D eigenvalue weighted by atomic mass is 10.2. The first-order valence-corrected chi connectivity index (χ1v) is 7.21. The van der Waals surface area contributed by atoms with Crippen LogP contribution in [0.5, 0.6) is 0 Å². The minimum Gasteiger partial charge on any atom is -0.395 e. The summed E-state index contributed by atoms with van der Waals surface area (Å²) in [6.07, 6.45) is 0. The Hall–Kier alpha value is -1.85. The number of hydrogen-bond donors (Lipinski definition) is 2. The highest BCUT2D eigenvalue weighted by atomic mass is 32.1. The Kier molecular flexibility index (Phi) is 4.76. The molecule has 20 heavy (non-hydrogen) atoms. The van der Waals surface area contributed by atoms with E-state index in [-0.39, 0.29) is 12.5 Å².